The first-order valence-electron chi connectivity index (χ1n) is 10.3. The molecule has 0 bridgehead atoms. The summed E-state index contributed by atoms with van der Waals surface area (Å²) in [6.45, 7) is 2.26. The van der Waals surface area contributed by atoms with Crippen LogP contribution in [0.25, 0.3) is 0 Å². The van der Waals surface area contributed by atoms with Crippen LogP contribution in [-0.2, 0) is 0 Å². The predicted octanol–water partition coefficient (Wildman–Crippen LogP) is 8.56. The van der Waals surface area contributed by atoms with Gasteiger partial charge in [-0.25, -0.2) is 0 Å². The van der Waals surface area contributed by atoms with Gasteiger partial charge in [-0.1, -0.05) is 114 Å². The van der Waals surface area contributed by atoms with Crippen molar-refractivity contribution in [3.8, 4) is 0 Å². The molecule has 0 spiro atoms. The fraction of sp³-hybridized carbons (Fsp3) is 0.500. The van der Waals surface area contributed by atoms with Gasteiger partial charge in [-0.2, -0.15) is 0 Å². The second-order valence-electron chi connectivity index (χ2n) is 7.42. The maximum Gasteiger partial charge on any atom is 0.0858 e. The molecule has 2 unspecified atom stereocenters. The van der Waals surface area contributed by atoms with Crippen LogP contribution in [0.5, 0.6) is 0 Å². The Hall–Kier alpha value is -0.640. The van der Waals surface area contributed by atoms with Gasteiger partial charge in [-0.15, -0.1) is 0 Å². The topological polar surface area (TPSA) is 20.2 Å². The minimum Gasteiger partial charge on any atom is -0.388 e. The summed E-state index contributed by atoms with van der Waals surface area (Å²) in [4.78, 5) is 0. The van der Waals surface area contributed by atoms with Gasteiger partial charge in [0.2, 0.25) is 0 Å². The second kappa shape index (κ2) is 12.7. The number of hydrogen-bond donors (Lipinski definition) is 1. The summed E-state index contributed by atoms with van der Waals surface area (Å²) in [6.07, 6.45) is 11.1. The van der Waals surface area contributed by atoms with E-state index in [1.807, 2.05) is 24.3 Å². The molecule has 0 saturated carbocycles. The largest absolute Gasteiger partial charge is 0.388 e. The minimum atomic E-state index is -0.469. The zero-order valence-electron chi connectivity index (χ0n) is 16.3. The van der Waals surface area contributed by atoms with Gasteiger partial charge in [0.05, 0.1) is 6.10 Å². The summed E-state index contributed by atoms with van der Waals surface area (Å²) in [5, 5.41) is 11.1. The van der Waals surface area contributed by atoms with Crippen LogP contribution in [0.3, 0.4) is 0 Å². The normalized spacial score (nSPS) is 13.5. The SMILES string of the molecule is CCCCCCCCCCC(c1ccc(Br)cc1)C(O)c1ccc(Br)cc1. The molecular weight excluding hydrogens is 464 g/mol. The molecule has 1 N–H and O–H groups in total. The Morgan fingerprint density at radius 3 is 1.63 bits per heavy atom. The van der Waals surface area contributed by atoms with Crippen molar-refractivity contribution in [1.29, 1.82) is 0 Å². The third-order valence-corrected chi connectivity index (χ3v) is 6.32. The number of hydrogen-bond acceptors (Lipinski definition) is 1. The van der Waals surface area contributed by atoms with Crippen LogP contribution in [0.2, 0.25) is 0 Å². The molecule has 0 aliphatic carbocycles. The summed E-state index contributed by atoms with van der Waals surface area (Å²) in [5.74, 6) is 0.138. The Labute approximate surface area is 181 Å². The fourth-order valence-electron chi connectivity index (χ4n) is 3.61. The van der Waals surface area contributed by atoms with E-state index in [9.17, 15) is 5.11 Å². The van der Waals surface area contributed by atoms with Crippen LogP contribution in [-0.4, -0.2) is 5.11 Å². The summed E-state index contributed by atoms with van der Waals surface area (Å²) < 4.78 is 2.12. The summed E-state index contributed by atoms with van der Waals surface area (Å²) in [6, 6.07) is 16.5. The van der Waals surface area contributed by atoms with Gasteiger partial charge in [-0.05, 0) is 41.8 Å². The van der Waals surface area contributed by atoms with Gasteiger partial charge in [-0.3, -0.25) is 0 Å². The molecule has 0 aliphatic rings. The number of unbranched alkanes of at least 4 members (excludes halogenated alkanes) is 7. The quantitative estimate of drug-likeness (QED) is 0.292. The summed E-state index contributed by atoms with van der Waals surface area (Å²) in [7, 11) is 0. The standard InChI is InChI=1S/C24H32Br2O/c1-2-3-4-5-6-7-8-9-10-23(19-11-15-21(25)16-12-19)24(27)20-13-17-22(26)18-14-20/h11-18,23-24,27H,2-10H2,1H3. The molecule has 0 radical (unpaired) electrons. The number of rotatable bonds is 12. The van der Waals surface area contributed by atoms with E-state index in [-0.39, 0.29) is 5.92 Å². The number of benzene rings is 2. The van der Waals surface area contributed by atoms with Crippen molar-refractivity contribution >= 4 is 31.9 Å². The van der Waals surface area contributed by atoms with E-state index in [0.29, 0.717) is 0 Å². The van der Waals surface area contributed by atoms with Crippen molar-refractivity contribution in [3.63, 3.8) is 0 Å². The van der Waals surface area contributed by atoms with Gasteiger partial charge in [0, 0.05) is 14.9 Å². The molecule has 0 fully saturated rings. The average Bonchev–Trinajstić information content (AvgIpc) is 2.68. The first-order valence-corrected chi connectivity index (χ1v) is 11.9. The molecular formula is C24H32Br2O. The Kier molecular flexibility index (Phi) is 10.7. The molecule has 0 aliphatic heterocycles. The molecule has 0 aromatic heterocycles. The first-order chi connectivity index (χ1) is 13.1. The van der Waals surface area contributed by atoms with Gasteiger partial charge in [0.1, 0.15) is 0 Å². The zero-order valence-corrected chi connectivity index (χ0v) is 19.5. The number of aliphatic hydroxyl groups excluding tert-OH is 1. The molecule has 2 aromatic carbocycles. The molecule has 1 nitrogen and oxygen atoms in total. The molecule has 27 heavy (non-hydrogen) atoms. The Morgan fingerprint density at radius 2 is 1.11 bits per heavy atom. The molecule has 148 valence electrons. The summed E-state index contributed by atoms with van der Waals surface area (Å²) >= 11 is 6.99. The van der Waals surface area contributed by atoms with E-state index in [0.717, 1.165) is 20.9 Å². The van der Waals surface area contributed by atoms with Crippen LogP contribution in [0.1, 0.15) is 87.9 Å². The molecule has 2 atom stereocenters. The highest BCUT2D eigenvalue weighted by molar-refractivity contribution is 9.10. The van der Waals surface area contributed by atoms with Crippen LogP contribution in [0, 0.1) is 0 Å². The second-order valence-corrected chi connectivity index (χ2v) is 9.25. The summed E-state index contributed by atoms with van der Waals surface area (Å²) in [5.41, 5.74) is 2.21. The van der Waals surface area contributed by atoms with Crippen LogP contribution in [0.4, 0.5) is 0 Å². The Balaban J connectivity index is 1.94. The Morgan fingerprint density at radius 1 is 0.667 bits per heavy atom. The van der Waals surface area contributed by atoms with Gasteiger partial charge in [0.15, 0.2) is 0 Å². The van der Waals surface area contributed by atoms with E-state index in [1.165, 1.54) is 56.9 Å². The molecule has 2 aromatic rings. The first kappa shape index (κ1) is 22.6. The molecule has 0 heterocycles. The maximum atomic E-state index is 11.1. The third kappa shape index (κ3) is 8.09. The van der Waals surface area contributed by atoms with Crippen LogP contribution < -0.4 is 0 Å². The highest BCUT2D eigenvalue weighted by Gasteiger charge is 2.22. The third-order valence-electron chi connectivity index (χ3n) is 5.26. The lowest BCUT2D eigenvalue weighted by atomic mass is 9.85. The monoisotopic (exact) mass is 494 g/mol. The maximum absolute atomic E-state index is 11.1. The number of aliphatic hydroxyl groups is 1. The van der Waals surface area contributed by atoms with E-state index in [1.54, 1.807) is 0 Å². The lowest BCUT2D eigenvalue weighted by molar-refractivity contribution is 0.138. The van der Waals surface area contributed by atoms with Crippen molar-refractivity contribution < 1.29 is 5.11 Å². The lowest BCUT2D eigenvalue weighted by Crippen LogP contribution is -2.11. The van der Waals surface area contributed by atoms with E-state index >= 15 is 0 Å². The predicted molar refractivity (Wildman–Crippen MR) is 123 cm³/mol. The highest BCUT2D eigenvalue weighted by atomic mass is 79.9. The van der Waals surface area contributed by atoms with Crippen molar-refractivity contribution in [2.24, 2.45) is 0 Å². The highest BCUT2D eigenvalue weighted by Crippen LogP contribution is 2.36. The van der Waals surface area contributed by atoms with Crippen molar-refractivity contribution in [1.82, 2.24) is 0 Å². The van der Waals surface area contributed by atoms with Crippen LogP contribution >= 0.6 is 31.9 Å². The molecule has 3 heteroatoms. The lowest BCUT2D eigenvalue weighted by Gasteiger charge is -2.24. The van der Waals surface area contributed by atoms with Gasteiger partial charge < -0.3 is 5.11 Å². The Bertz CT molecular complexity index is 636. The van der Waals surface area contributed by atoms with Crippen molar-refractivity contribution in [2.45, 2.75) is 76.7 Å². The smallest absolute Gasteiger partial charge is 0.0858 e. The number of halogens is 2. The molecule has 0 saturated heterocycles. The fourth-order valence-corrected chi connectivity index (χ4v) is 4.14. The minimum absolute atomic E-state index is 0.138. The van der Waals surface area contributed by atoms with E-state index < -0.39 is 6.10 Å². The van der Waals surface area contributed by atoms with E-state index in [4.69, 9.17) is 0 Å². The molecule has 0 amide bonds. The zero-order chi connectivity index (χ0) is 19.5. The van der Waals surface area contributed by atoms with Gasteiger partial charge in [0.25, 0.3) is 0 Å². The van der Waals surface area contributed by atoms with Gasteiger partial charge >= 0.3 is 0 Å². The van der Waals surface area contributed by atoms with Crippen molar-refractivity contribution in [2.75, 3.05) is 0 Å². The molecule has 2 rings (SSSR count). The van der Waals surface area contributed by atoms with Crippen LogP contribution in [0.15, 0.2) is 57.5 Å². The van der Waals surface area contributed by atoms with Crippen molar-refractivity contribution in [3.05, 3.63) is 68.6 Å². The van der Waals surface area contributed by atoms with E-state index in [2.05, 4.69) is 63.0 Å². The average molecular weight is 496 g/mol.